The number of nitrogens with two attached hydrogens (primary N) is 1. The van der Waals surface area contributed by atoms with E-state index in [1.165, 1.54) is 18.2 Å². The van der Waals surface area contributed by atoms with E-state index in [2.05, 4.69) is 9.97 Å². The lowest BCUT2D eigenvalue weighted by Gasteiger charge is -2.09. The molecule has 0 saturated heterocycles. The number of aromatic nitrogens is 2. The van der Waals surface area contributed by atoms with Crippen LogP contribution in [0.2, 0.25) is 0 Å². The molecule has 0 saturated carbocycles. The largest absolute Gasteiger partial charge is 0.369 e. The van der Waals surface area contributed by atoms with Gasteiger partial charge in [0.1, 0.15) is 5.56 Å². The summed E-state index contributed by atoms with van der Waals surface area (Å²) in [5.41, 5.74) is 4.77. The van der Waals surface area contributed by atoms with Crippen LogP contribution in [0.25, 0.3) is 11.0 Å². The monoisotopic (exact) mass is 342 g/mol. The minimum Gasteiger partial charge on any atom is -0.369 e. The Labute approximate surface area is 130 Å². The number of nitrogens with zero attached hydrogens (tertiary/aromatic N) is 1. The Morgan fingerprint density at radius 2 is 1.58 bits per heavy atom. The number of nitrogens with one attached hydrogen (secondary N) is 2. The number of anilines is 2. The topological polar surface area (TPSA) is 83.8 Å². The summed E-state index contributed by atoms with van der Waals surface area (Å²) >= 11 is 0. The van der Waals surface area contributed by atoms with Crippen molar-refractivity contribution in [3.8, 4) is 0 Å². The van der Waals surface area contributed by atoms with Gasteiger partial charge in [0.15, 0.2) is 29.2 Å². The van der Waals surface area contributed by atoms with Crippen LogP contribution in [0.15, 0.2) is 18.2 Å². The van der Waals surface area contributed by atoms with Crippen molar-refractivity contribution in [2.24, 2.45) is 0 Å². The number of aromatic amines is 1. The first-order chi connectivity index (χ1) is 11.3. The maximum absolute atomic E-state index is 13.6. The molecule has 1 heterocycles. The Morgan fingerprint density at radius 3 is 2.21 bits per heavy atom. The van der Waals surface area contributed by atoms with Crippen LogP contribution in [0.4, 0.5) is 33.6 Å². The summed E-state index contributed by atoms with van der Waals surface area (Å²) in [7, 11) is 0. The van der Waals surface area contributed by atoms with E-state index in [-0.39, 0.29) is 11.6 Å². The fourth-order valence-electron chi connectivity index (χ4n) is 2.10. The van der Waals surface area contributed by atoms with Gasteiger partial charge in [-0.3, -0.25) is 4.79 Å². The molecule has 0 fully saturated rings. The highest BCUT2D eigenvalue weighted by molar-refractivity contribution is 6.05. The molecule has 0 unspecified atom stereocenters. The van der Waals surface area contributed by atoms with Crippen molar-refractivity contribution in [3.63, 3.8) is 0 Å². The molecule has 4 N–H and O–H groups in total. The van der Waals surface area contributed by atoms with E-state index in [0.29, 0.717) is 11.0 Å². The average molecular weight is 342 g/mol. The highest BCUT2D eigenvalue weighted by Gasteiger charge is 2.29. The van der Waals surface area contributed by atoms with Crippen LogP contribution in [0, 0.1) is 29.1 Å². The quantitative estimate of drug-likeness (QED) is 0.380. The molecular formula is C14H7F5N4O. The smallest absolute Gasteiger partial charge is 0.261 e. The molecule has 0 aliphatic heterocycles. The van der Waals surface area contributed by atoms with E-state index in [1.54, 1.807) is 0 Å². The van der Waals surface area contributed by atoms with Gasteiger partial charge in [0, 0.05) is 5.69 Å². The minimum absolute atomic E-state index is 0.0305. The summed E-state index contributed by atoms with van der Waals surface area (Å²) in [6.45, 7) is 0. The number of imidazole rings is 1. The zero-order valence-electron chi connectivity index (χ0n) is 11.6. The summed E-state index contributed by atoms with van der Waals surface area (Å²) in [6, 6.07) is 4.11. The van der Waals surface area contributed by atoms with E-state index < -0.39 is 40.6 Å². The van der Waals surface area contributed by atoms with E-state index in [4.69, 9.17) is 5.73 Å². The fraction of sp³-hybridized carbons (Fsp3) is 0. The third-order valence-electron chi connectivity index (χ3n) is 3.20. The van der Waals surface area contributed by atoms with Crippen LogP contribution in [-0.4, -0.2) is 15.9 Å². The van der Waals surface area contributed by atoms with Gasteiger partial charge in [-0.15, -0.1) is 0 Å². The summed E-state index contributed by atoms with van der Waals surface area (Å²) in [6.07, 6.45) is 0. The molecule has 3 aromatic rings. The van der Waals surface area contributed by atoms with Crippen molar-refractivity contribution >= 4 is 28.6 Å². The van der Waals surface area contributed by atoms with Crippen LogP contribution in [0.5, 0.6) is 0 Å². The van der Waals surface area contributed by atoms with Gasteiger partial charge < -0.3 is 16.0 Å². The van der Waals surface area contributed by atoms with Gasteiger partial charge in [-0.1, -0.05) is 0 Å². The second-order valence-corrected chi connectivity index (χ2v) is 4.75. The molecule has 2 aromatic carbocycles. The molecule has 124 valence electrons. The highest BCUT2D eigenvalue weighted by atomic mass is 19.2. The van der Waals surface area contributed by atoms with Crippen molar-refractivity contribution in [1.82, 2.24) is 9.97 Å². The maximum Gasteiger partial charge on any atom is 0.261 e. The summed E-state index contributed by atoms with van der Waals surface area (Å²) in [4.78, 5) is 18.5. The fourth-order valence-corrected chi connectivity index (χ4v) is 2.10. The molecule has 5 nitrogen and oxygen atoms in total. The summed E-state index contributed by atoms with van der Waals surface area (Å²) < 4.78 is 66.5. The molecule has 1 amide bonds. The molecule has 0 radical (unpaired) electrons. The number of carbonyl (C=O) groups excluding carboxylic acids is 1. The van der Waals surface area contributed by atoms with Gasteiger partial charge >= 0.3 is 0 Å². The van der Waals surface area contributed by atoms with Crippen molar-refractivity contribution in [2.45, 2.75) is 0 Å². The van der Waals surface area contributed by atoms with Gasteiger partial charge in [0.05, 0.1) is 11.0 Å². The lowest BCUT2D eigenvalue weighted by atomic mass is 10.1. The SMILES string of the molecule is Nc1nc2cc(NC(=O)c3c(F)c(F)c(F)c(F)c3F)ccc2[nH]1. The van der Waals surface area contributed by atoms with Crippen molar-refractivity contribution in [1.29, 1.82) is 0 Å². The van der Waals surface area contributed by atoms with Gasteiger partial charge in [0.25, 0.3) is 5.91 Å². The molecule has 0 atom stereocenters. The number of halogens is 5. The zero-order chi connectivity index (χ0) is 17.6. The summed E-state index contributed by atoms with van der Waals surface area (Å²) in [5, 5.41) is 2.05. The number of benzene rings is 2. The van der Waals surface area contributed by atoms with E-state index >= 15 is 0 Å². The molecule has 0 aliphatic carbocycles. The molecule has 3 rings (SSSR count). The zero-order valence-corrected chi connectivity index (χ0v) is 11.6. The van der Waals surface area contributed by atoms with Crippen LogP contribution in [0.3, 0.4) is 0 Å². The first-order valence-corrected chi connectivity index (χ1v) is 6.37. The number of carbonyl (C=O) groups is 1. The van der Waals surface area contributed by atoms with Gasteiger partial charge in [0.2, 0.25) is 5.82 Å². The van der Waals surface area contributed by atoms with Crippen molar-refractivity contribution in [3.05, 3.63) is 52.8 Å². The number of H-pyrrole nitrogens is 1. The van der Waals surface area contributed by atoms with Gasteiger partial charge in [-0.05, 0) is 18.2 Å². The van der Waals surface area contributed by atoms with Crippen molar-refractivity contribution in [2.75, 3.05) is 11.1 Å². The molecule has 24 heavy (non-hydrogen) atoms. The maximum atomic E-state index is 13.6. The predicted molar refractivity (Wildman–Crippen MR) is 74.7 cm³/mol. The van der Waals surface area contributed by atoms with Crippen LogP contribution >= 0.6 is 0 Å². The van der Waals surface area contributed by atoms with E-state index in [1.807, 2.05) is 5.32 Å². The first-order valence-electron chi connectivity index (χ1n) is 6.37. The van der Waals surface area contributed by atoms with Crippen LogP contribution < -0.4 is 11.1 Å². The minimum atomic E-state index is -2.34. The predicted octanol–water partition coefficient (Wildman–Crippen LogP) is 3.09. The number of nitrogen functional groups attached to an aromatic ring is 1. The molecule has 0 bridgehead atoms. The van der Waals surface area contributed by atoms with E-state index in [0.717, 1.165) is 0 Å². The number of hydrogen-bond donors (Lipinski definition) is 3. The second kappa shape index (κ2) is 5.48. The third-order valence-corrected chi connectivity index (χ3v) is 3.20. The van der Waals surface area contributed by atoms with Gasteiger partial charge in [-0.2, -0.15) is 0 Å². The number of hydrogen-bond acceptors (Lipinski definition) is 3. The normalized spacial score (nSPS) is 11.0. The molecule has 0 aliphatic rings. The Balaban J connectivity index is 2.00. The van der Waals surface area contributed by atoms with Crippen molar-refractivity contribution < 1.29 is 26.7 Å². The second-order valence-electron chi connectivity index (χ2n) is 4.75. The van der Waals surface area contributed by atoms with E-state index in [9.17, 15) is 26.7 Å². The van der Waals surface area contributed by atoms with Gasteiger partial charge in [-0.25, -0.2) is 26.9 Å². The number of amides is 1. The van der Waals surface area contributed by atoms with Crippen LogP contribution in [-0.2, 0) is 0 Å². The van der Waals surface area contributed by atoms with Crippen LogP contribution in [0.1, 0.15) is 10.4 Å². The molecule has 10 heteroatoms. The Bertz CT molecular complexity index is 956. The third kappa shape index (κ3) is 2.41. The molecule has 0 spiro atoms. The first kappa shape index (κ1) is 15.7. The molecular weight excluding hydrogens is 335 g/mol. The Hall–Kier alpha value is -3.17. The summed E-state index contributed by atoms with van der Waals surface area (Å²) in [5.74, 6) is -12.6. The number of rotatable bonds is 2. The lowest BCUT2D eigenvalue weighted by molar-refractivity contribution is 0.101. The average Bonchev–Trinajstić information content (AvgIpc) is 2.90. The number of fused-ring (bicyclic) bond motifs is 1. The standard InChI is InChI=1S/C14H7F5N4O/c15-8-7(9(16)11(18)12(19)10(8)17)13(24)21-4-1-2-5-6(3-4)23-14(20)22-5/h1-3H,(H,21,24)(H3,20,22,23). The highest BCUT2D eigenvalue weighted by Crippen LogP contribution is 2.24. The lowest BCUT2D eigenvalue weighted by Crippen LogP contribution is -2.19. The Kier molecular flexibility index (Phi) is 3.59. The Morgan fingerprint density at radius 1 is 1.00 bits per heavy atom. The molecule has 1 aromatic heterocycles.